The highest BCUT2D eigenvalue weighted by atomic mass is 32.2. The number of aromatic nitrogens is 3. The summed E-state index contributed by atoms with van der Waals surface area (Å²) in [6.45, 7) is 1.94. The Bertz CT molecular complexity index is 888. The zero-order valence-electron chi connectivity index (χ0n) is 13.6. The van der Waals surface area contributed by atoms with Crippen molar-refractivity contribution in [2.45, 2.75) is 43.0 Å². The normalized spacial score (nSPS) is 15.2. The Balaban J connectivity index is 1.74. The van der Waals surface area contributed by atoms with E-state index in [1.807, 2.05) is 17.6 Å². The maximum atomic E-state index is 13.2. The van der Waals surface area contributed by atoms with Crippen molar-refractivity contribution in [3.05, 3.63) is 54.0 Å². The fourth-order valence-corrected chi connectivity index (χ4v) is 4.25. The highest BCUT2D eigenvalue weighted by Gasteiger charge is 2.26. The van der Waals surface area contributed by atoms with Crippen molar-refractivity contribution >= 4 is 28.6 Å². The van der Waals surface area contributed by atoms with Crippen LogP contribution in [-0.4, -0.2) is 25.7 Å². The Morgan fingerprint density at radius 1 is 1.12 bits per heavy atom. The average molecular weight is 337 g/mol. The summed E-state index contributed by atoms with van der Waals surface area (Å²) in [5, 5.41) is 1.65. The van der Waals surface area contributed by atoms with Crippen molar-refractivity contribution in [2.24, 2.45) is 0 Å². The van der Waals surface area contributed by atoms with Gasteiger partial charge in [-0.25, -0.2) is 9.97 Å². The second-order valence-electron chi connectivity index (χ2n) is 6.11. The van der Waals surface area contributed by atoms with Crippen LogP contribution < -0.4 is 0 Å². The highest BCUT2D eigenvalue weighted by molar-refractivity contribution is 8.00. The second-order valence-corrected chi connectivity index (χ2v) is 7.42. The first-order valence-corrected chi connectivity index (χ1v) is 9.23. The zero-order valence-corrected chi connectivity index (χ0v) is 14.4. The van der Waals surface area contributed by atoms with Crippen LogP contribution in [0.15, 0.2) is 47.9 Å². The van der Waals surface area contributed by atoms with Crippen LogP contribution in [0.1, 0.15) is 35.8 Å². The van der Waals surface area contributed by atoms with Gasteiger partial charge in [-0.3, -0.25) is 9.36 Å². The molecule has 1 aromatic carbocycles. The molecule has 4 rings (SSSR count). The number of carbonyl (C=O) groups is 1. The first kappa shape index (κ1) is 15.4. The smallest absolute Gasteiger partial charge is 0.244 e. The molecule has 0 amide bonds. The van der Waals surface area contributed by atoms with Crippen molar-refractivity contribution in [2.75, 3.05) is 0 Å². The Labute approximate surface area is 145 Å². The van der Waals surface area contributed by atoms with E-state index in [9.17, 15) is 4.79 Å². The molecule has 1 unspecified atom stereocenters. The minimum atomic E-state index is -0.228. The summed E-state index contributed by atoms with van der Waals surface area (Å²) in [7, 11) is 0. The minimum absolute atomic E-state index is 0.117. The van der Waals surface area contributed by atoms with Crippen LogP contribution in [0.2, 0.25) is 0 Å². The molecule has 0 N–H and O–H groups in total. The zero-order chi connectivity index (χ0) is 16.5. The Hall–Kier alpha value is -2.14. The summed E-state index contributed by atoms with van der Waals surface area (Å²) in [4.78, 5) is 21.6. The molecule has 2 aromatic heterocycles. The van der Waals surface area contributed by atoms with E-state index >= 15 is 0 Å². The molecule has 1 atom stereocenters. The molecule has 0 saturated heterocycles. The molecule has 0 bridgehead atoms. The first-order valence-electron chi connectivity index (χ1n) is 8.35. The third-order valence-corrected chi connectivity index (χ3v) is 5.55. The van der Waals surface area contributed by atoms with Gasteiger partial charge in [-0.05, 0) is 50.3 Å². The number of para-hydroxylation sites is 1. The summed E-state index contributed by atoms with van der Waals surface area (Å²) in [5.41, 5.74) is 3.60. The lowest BCUT2D eigenvalue weighted by molar-refractivity contribution is 0.0917. The number of thioether (sulfide) groups is 1. The lowest BCUT2D eigenvalue weighted by atomic mass is 9.95. The predicted octanol–water partition coefficient (Wildman–Crippen LogP) is 4.13. The van der Waals surface area contributed by atoms with Crippen LogP contribution in [0.5, 0.6) is 0 Å². The predicted molar refractivity (Wildman–Crippen MR) is 96.6 cm³/mol. The van der Waals surface area contributed by atoms with E-state index in [-0.39, 0.29) is 11.2 Å². The molecule has 0 saturated carbocycles. The largest absolute Gasteiger partial charge is 0.283 e. The summed E-state index contributed by atoms with van der Waals surface area (Å²) in [6.07, 6.45) is 7.82. The topological polar surface area (TPSA) is 47.8 Å². The average Bonchev–Trinajstić information content (AvgIpc) is 2.96. The summed E-state index contributed by atoms with van der Waals surface area (Å²) in [6, 6.07) is 10.0. The van der Waals surface area contributed by atoms with Crippen molar-refractivity contribution in [3.8, 4) is 0 Å². The van der Waals surface area contributed by atoms with Gasteiger partial charge in [0.2, 0.25) is 5.91 Å². The molecule has 0 spiro atoms. The Morgan fingerprint density at radius 3 is 2.71 bits per heavy atom. The van der Waals surface area contributed by atoms with Crippen LogP contribution >= 0.6 is 11.8 Å². The van der Waals surface area contributed by atoms with Gasteiger partial charge in [0.05, 0.1) is 10.8 Å². The SMILES string of the molecule is CC(Sc1ncccn1)C(=O)n1c2c(c3ccccc31)CCCC2. The molecule has 0 fully saturated rings. The number of fused-ring (bicyclic) bond motifs is 3. The molecule has 4 nitrogen and oxygen atoms in total. The molecule has 122 valence electrons. The first-order chi connectivity index (χ1) is 11.8. The Kier molecular flexibility index (Phi) is 4.10. The lowest BCUT2D eigenvalue weighted by Crippen LogP contribution is -2.24. The maximum absolute atomic E-state index is 13.2. The molecule has 3 aromatic rings. The Morgan fingerprint density at radius 2 is 1.88 bits per heavy atom. The van der Waals surface area contributed by atoms with Crippen LogP contribution in [-0.2, 0) is 12.8 Å². The van der Waals surface area contributed by atoms with Crippen molar-refractivity contribution in [3.63, 3.8) is 0 Å². The highest BCUT2D eigenvalue weighted by Crippen LogP contribution is 2.33. The monoisotopic (exact) mass is 337 g/mol. The van der Waals surface area contributed by atoms with Crippen LogP contribution in [0.4, 0.5) is 0 Å². The van der Waals surface area contributed by atoms with E-state index in [1.54, 1.807) is 18.5 Å². The van der Waals surface area contributed by atoms with E-state index in [4.69, 9.17) is 0 Å². The van der Waals surface area contributed by atoms with Gasteiger partial charge < -0.3 is 0 Å². The molecular formula is C19H19N3OS. The standard InChI is InChI=1S/C19H19N3OS/c1-13(24-19-20-11-6-12-21-19)18(23)22-16-9-4-2-7-14(16)15-8-3-5-10-17(15)22/h2,4,6-7,9,11-13H,3,5,8,10H2,1H3. The van der Waals surface area contributed by atoms with Gasteiger partial charge in [0.15, 0.2) is 5.16 Å². The van der Waals surface area contributed by atoms with Gasteiger partial charge in [-0.1, -0.05) is 30.0 Å². The van der Waals surface area contributed by atoms with Crippen molar-refractivity contribution < 1.29 is 4.79 Å². The van der Waals surface area contributed by atoms with E-state index < -0.39 is 0 Å². The molecular weight excluding hydrogens is 318 g/mol. The van der Waals surface area contributed by atoms with E-state index in [2.05, 4.69) is 28.2 Å². The number of hydrogen-bond donors (Lipinski definition) is 0. The number of hydrogen-bond acceptors (Lipinski definition) is 4. The number of nitrogens with zero attached hydrogens (tertiary/aromatic N) is 3. The van der Waals surface area contributed by atoms with Gasteiger partial charge in [0, 0.05) is 23.5 Å². The fourth-order valence-electron chi connectivity index (χ4n) is 3.48. The van der Waals surface area contributed by atoms with Gasteiger partial charge in [-0.15, -0.1) is 0 Å². The quantitative estimate of drug-likeness (QED) is 0.532. The molecule has 1 aliphatic carbocycles. The van der Waals surface area contributed by atoms with Gasteiger partial charge in [0.25, 0.3) is 0 Å². The van der Waals surface area contributed by atoms with Crippen LogP contribution in [0.3, 0.4) is 0 Å². The van der Waals surface area contributed by atoms with Crippen LogP contribution in [0, 0.1) is 0 Å². The maximum Gasteiger partial charge on any atom is 0.244 e. The summed E-state index contributed by atoms with van der Waals surface area (Å²) in [5.74, 6) is 0.117. The molecule has 5 heteroatoms. The van der Waals surface area contributed by atoms with Gasteiger partial charge in [0.1, 0.15) is 0 Å². The van der Waals surface area contributed by atoms with Crippen LogP contribution in [0.25, 0.3) is 10.9 Å². The molecule has 1 aliphatic rings. The van der Waals surface area contributed by atoms with E-state index in [0.29, 0.717) is 5.16 Å². The minimum Gasteiger partial charge on any atom is -0.283 e. The number of rotatable bonds is 3. The molecule has 0 radical (unpaired) electrons. The lowest BCUT2D eigenvalue weighted by Gasteiger charge is -2.17. The summed E-state index contributed by atoms with van der Waals surface area (Å²) < 4.78 is 1.95. The number of carbonyl (C=O) groups excluding carboxylic acids is 1. The van der Waals surface area contributed by atoms with E-state index in [0.717, 1.165) is 24.8 Å². The third-order valence-electron chi connectivity index (χ3n) is 4.57. The molecule has 24 heavy (non-hydrogen) atoms. The second kappa shape index (κ2) is 6.40. The number of aryl methyl sites for hydroxylation is 1. The molecule has 0 aliphatic heterocycles. The third kappa shape index (κ3) is 2.63. The van der Waals surface area contributed by atoms with Gasteiger partial charge >= 0.3 is 0 Å². The van der Waals surface area contributed by atoms with Gasteiger partial charge in [-0.2, -0.15) is 0 Å². The number of benzene rings is 1. The van der Waals surface area contributed by atoms with E-state index in [1.165, 1.54) is 34.8 Å². The summed E-state index contributed by atoms with van der Waals surface area (Å²) >= 11 is 1.42. The molecule has 2 heterocycles. The van der Waals surface area contributed by atoms with Crippen molar-refractivity contribution in [1.82, 2.24) is 14.5 Å². The van der Waals surface area contributed by atoms with Crippen molar-refractivity contribution in [1.29, 1.82) is 0 Å². The fraction of sp³-hybridized carbons (Fsp3) is 0.316.